The first-order valence-corrected chi connectivity index (χ1v) is 6.23. The molecule has 3 aromatic rings. The molecule has 0 unspecified atom stereocenters. The summed E-state index contributed by atoms with van der Waals surface area (Å²) < 4.78 is 29.0. The number of benzene rings is 2. The first-order valence-electron chi connectivity index (χ1n) is 5.85. The van der Waals surface area contributed by atoms with Gasteiger partial charge in [-0.2, -0.15) is 4.68 Å². The summed E-state index contributed by atoms with van der Waals surface area (Å²) in [4.78, 5) is 0. The topological polar surface area (TPSA) is 69.6 Å². The van der Waals surface area contributed by atoms with Gasteiger partial charge in [0.05, 0.1) is 5.56 Å². The van der Waals surface area contributed by atoms with E-state index in [1.807, 2.05) is 0 Å². The molecule has 3 rings (SSSR count). The molecule has 0 atom stereocenters. The molecule has 5 nitrogen and oxygen atoms in total. The maximum atomic E-state index is 14.0. The zero-order chi connectivity index (χ0) is 15.0. The summed E-state index contributed by atoms with van der Waals surface area (Å²) in [6.07, 6.45) is 0. The molecule has 1 heterocycles. The molecular weight excluding hydrogens is 300 g/mol. The van der Waals surface area contributed by atoms with Crippen LogP contribution in [0.2, 0.25) is 5.02 Å². The van der Waals surface area contributed by atoms with Crippen molar-refractivity contribution in [3.8, 4) is 17.1 Å². The Morgan fingerprint density at radius 3 is 2.62 bits per heavy atom. The molecule has 0 radical (unpaired) electrons. The number of tetrazole rings is 1. The number of hydrogen-bond donors (Lipinski definition) is 1. The van der Waals surface area contributed by atoms with Crippen LogP contribution in [0.1, 0.15) is 0 Å². The zero-order valence-electron chi connectivity index (χ0n) is 10.5. The molecule has 0 aliphatic carbocycles. The lowest BCUT2D eigenvalue weighted by Gasteiger charge is -2.07. The second kappa shape index (κ2) is 5.10. The van der Waals surface area contributed by atoms with E-state index in [1.165, 1.54) is 30.3 Å². The summed E-state index contributed by atoms with van der Waals surface area (Å²) in [7, 11) is 0. The van der Waals surface area contributed by atoms with Gasteiger partial charge in [-0.15, -0.1) is 5.10 Å². The third kappa shape index (κ3) is 2.43. The van der Waals surface area contributed by atoms with Crippen LogP contribution in [-0.2, 0) is 0 Å². The second-order valence-electron chi connectivity index (χ2n) is 4.25. The fourth-order valence-electron chi connectivity index (χ4n) is 1.88. The molecule has 8 heteroatoms. The SMILES string of the molecule is Nc1ccc(-c2nnnn2-c2cc(Cl)ccc2F)c(F)c1. The van der Waals surface area contributed by atoms with Gasteiger partial charge in [0.25, 0.3) is 0 Å². The number of hydrogen-bond acceptors (Lipinski definition) is 4. The monoisotopic (exact) mass is 307 g/mol. The molecule has 2 aromatic carbocycles. The third-order valence-electron chi connectivity index (χ3n) is 2.84. The van der Waals surface area contributed by atoms with Gasteiger partial charge in [-0.05, 0) is 46.8 Å². The molecule has 0 aliphatic rings. The van der Waals surface area contributed by atoms with Crippen molar-refractivity contribution in [2.45, 2.75) is 0 Å². The number of nitrogens with two attached hydrogens (primary N) is 1. The van der Waals surface area contributed by atoms with Crippen LogP contribution in [0.5, 0.6) is 0 Å². The maximum absolute atomic E-state index is 14.0. The molecule has 0 saturated carbocycles. The van der Waals surface area contributed by atoms with E-state index in [0.717, 1.165) is 10.7 Å². The molecular formula is C13H8ClF2N5. The summed E-state index contributed by atoms with van der Waals surface area (Å²) in [6.45, 7) is 0. The average molecular weight is 308 g/mol. The molecule has 0 bridgehead atoms. The summed E-state index contributed by atoms with van der Waals surface area (Å²) in [5, 5.41) is 11.2. The lowest BCUT2D eigenvalue weighted by Crippen LogP contribution is -2.04. The Morgan fingerprint density at radius 2 is 1.86 bits per heavy atom. The Kier molecular flexibility index (Phi) is 3.26. The Balaban J connectivity index is 2.19. The van der Waals surface area contributed by atoms with Crippen molar-refractivity contribution >= 4 is 17.3 Å². The first-order chi connectivity index (χ1) is 10.1. The molecule has 0 amide bonds. The van der Waals surface area contributed by atoms with Crippen molar-refractivity contribution in [1.82, 2.24) is 20.2 Å². The van der Waals surface area contributed by atoms with E-state index in [-0.39, 0.29) is 22.8 Å². The summed E-state index contributed by atoms with van der Waals surface area (Å²) in [5.74, 6) is -1.13. The van der Waals surface area contributed by atoms with Gasteiger partial charge in [0.1, 0.15) is 17.3 Å². The van der Waals surface area contributed by atoms with E-state index in [1.54, 1.807) is 0 Å². The average Bonchev–Trinajstić information content (AvgIpc) is 2.90. The minimum absolute atomic E-state index is 0.0266. The van der Waals surface area contributed by atoms with Gasteiger partial charge in [0, 0.05) is 10.7 Å². The Hall–Kier alpha value is -2.54. The predicted molar refractivity (Wildman–Crippen MR) is 73.9 cm³/mol. The van der Waals surface area contributed by atoms with Gasteiger partial charge in [0.15, 0.2) is 5.82 Å². The minimum atomic E-state index is -0.603. The fourth-order valence-corrected chi connectivity index (χ4v) is 2.04. The number of nitrogens with zero attached hydrogens (tertiary/aromatic N) is 4. The van der Waals surface area contributed by atoms with Crippen molar-refractivity contribution in [2.75, 3.05) is 5.73 Å². The summed E-state index contributed by atoms with van der Waals surface area (Å²) in [5.41, 5.74) is 5.90. The van der Waals surface area contributed by atoms with Gasteiger partial charge < -0.3 is 5.73 Å². The van der Waals surface area contributed by atoms with E-state index < -0.39 is 11.6 Å². The first kappa shape index (κ1) is 13.4. The second-order valence-corrected chi connectivity index (χ2v) is 4.69. The highest BCUT2D eigenvalue weighted by Crippen LogP contribution is 2.26. The van der Waals surface area contributed by atoms with Gasteiger partial charge in [-0.1, -0.05) is 11.6 Å². The van der Waals surface area contributed by atoms with Crippen LogP contribution in [0.3, 0.4) is 0 Å². The number of rotatable bonds is 2. The van der Waals surface area contributed by atoms with Crippen molar-refractivity contribution in [3.05, 3.63) is 53.1 Å². The van der Waals surface area contributed by atoms with Crippen molar-refractivity contribution < 1.29 is 8.78 Å². The van der Waals surface area contributed by atoms with Crippen molar-refractivity contribution in [3.63, 3.8) is 0 Å². The van der Waals surface area contributed by atoms with E-state index in [2.05, 4.69) is 15.5 Å². The van der Waals surface area contributed by atoms with Gasteiger partial charge >= 0.3 is 0 Å². The minimum Gasteiger partial charge on any atom is -0.399 e. The molecule has 0 aliphatic heterocycles. The quantitative estimate of drug-likeness (QED) is 0.739. The van der Waals surface area contributed by atoms with Crippen LogP contribution in [0.25, 0.3) is 17.1 Å². The number of halogens is 3. The van der Waals surface area contributed by atoms with Crippen LogP contribution in [0, 0.1) is 11.6 Å². The number of anilines is 1. The fraction of sp³-hybridized carbons (Fsp3) is 0. The van der Waals surface area contributed by atoms with E-state index in [9.17, 15) is 8.78 Å². The van der Waals surface area contributed by atoms with Crippen LogP contribution >= 0.6 is 11.6 Å². The Labute approximate surface area is 123 Å². The highest BCUT2D eigenvalue weighted by atomic mass is 35.5. The normalized spacial score (nSPS) is 10.8. The highest BCUT2D eigenvalue weighted by Gasteiger charge is 2.17. The molecule has 106 valence electrons. The molecule has 0 fully saturated rings. The predicted octanol–water partition coefficient (Wildman–Crippen LogP) is 2.84. The van der Waals surface area contributed by atoms with E-state index >= 15 is 0 Å². The zero-order valence-corrected chi connectivity index (χ0v) is 11.2. The molecule has 1 aromatic heterocycles. The van der Waals surface area contributed by atoms with Crippen LogP contribution < -0.4 is 5.73 Å². The summed E-state index contributed by atoms with van der Waals surface area (Å²) >= 11 is 5.84. The van der Waals surface area contributed by atoms with Gasteiger partial charge in [-0.25, -0.2) is 8.78 Å². The standard InChI is InChI=1S/C13H8ClF2N5/c14-7-1-4-10(15)12(5-7)21-13(18-19-20-21)9-3-2-8(17)6-11(9)16/h1-6H,17H2. The molecule has 0 spiro atoms. The Bertz CT molecular complexity index is 818. The van der Waals surface area contributed by atoms with E-state index in [0.29, 0.717) is 5.02 Å². The molecule has 21 heavy (non-hydrogen) atoms. The highest BCUT2D eigenvalue weighted by molar-refractivity contribution is 6.30. The van der Waals surface area contributed by atoms with Crippen molar-refractivity contribution in [1.29, 1.82) is 0 Å². The van der Waals surface area contributed by atoms with E-state index in [4.69, 9.17) is 17.3 Å². The largest absolute Gasteiger partial charge is 0.399 e. The smallest absolute Gasteiger partial charge is 0.190 e. The van der Waals surface area contributed by atoms with Gasteiger partial charge in [-0.3, -0.25) is 0 Å². The lowest BCUT2D eigenvalue weighted by atomic mass is 10.1. The van der Waals surface area contributed by atoms with Gasteiger partial charge in [0.2, 0.25) is 0 Å². The molecule has 0 saturated heterocycles. The number of aromatic nitrogens is 4. The Morgan fingerprint density at radius 1 is 1.05 bits per heavy atom. The van der Waals surface area contributed by atoms with Crippen LogP contribution in [0.4, 0.5) is 14.5 Å². The summed E-state index contributed by atoms with van der Waals surface area (Å²) in [6, 6.07) is 8.01. The molecule has 2 N–H and O–H groups in total. The maximum Gasteiger partial charge on any atom is 0.190 e. The third-order valence-corrected chi connectivity index (χ3v) is 3.08. The van der Waals surface area contributed by atoms with Crippen LogP contribution in [-0.4, -0.2) is 20.2 Å². The lowest BCUT2D eigenvalue weighted by molar-refractivity contribution is 0.606. The van der Waals surface area contributed by atoms with Crippen LogP contribution in [0.15, 0.2) is 36.4 Å². The number of nitrogen functional groups attached to an aromatic ring is 1. The van der Waals surface area contributed by atoms with Crippen molar-refractivity contribution in [2.24, 2.45) is 0 Å².